The normalized spacial score (nSPS) is 15.7. The lowest BCUT2D eigenvalue weighted by atomic mass is 10.1. The van der Waals surface area contributed by atoms with Crippen molar-refractivity contribution in [2.75, 3.05) is 44.4 Å². The van der Waals surface area contributed by atoms with Gasteiger partial charge in [-0.1, -0.05) is 30.3 Å². The summed E-state index contributed by atoms with van der Waals surface area (Å²) in [5, 5.41) is 1.35. The predicted octanol–water partition coefficient (Wildman–Crippen LogP) is 5.44. The van der Waals surface area contributed by atoms with Crippen molar-refractivity contribution in [2.45, 2.75) is 12.8 Å². The number of benzene rings is 3. The first kappa shape index (κ1) is 20.9. The minimum absolute atomic E-state index is 0.265. The molecule has 0 amide bonds. The average molecular weight is 456 g/mol. The first-order valence-electron chi connectivity index (χ1n) is 12.0. The van der Waals surface area contributed by atoms with Crippen LogP contribution >= 0.6 is 0 Å². The highest BCUT2D eigenvalue weighted by molar-refractivity contribution is 5.83. The van der Waals surface area contributed by atoms with E-state index in [9.17, 15) is 0 Å². The summed E-state index contributed by atoms with van der Waals surface area (Å²) in [4.78, 5) is 8.40. The van der Waals surface area contributed by atoms with Crippen molar-refractivity contribution < 1.29 is 14.2 Å². The Morgan fingerprint density at radius 1 is 0.853 bits per heavy atom. The second-order valence-corrected chi connectivity index (χ2v) is 8.88. The molecule has 0 unspecified atom stereocenters. The second kappa shape index (κ2) is 9.31. The molecule has 0 bridgehead atoms. The zero-order valence-electron chi connectivity index (χ0n) is 19.2. The van der Waals surface area contributed by atoms with E-state index in [0.717, 1.165) is 67.8 Å². The van der Waals surface area contributed by atoms with Crippen molar-refractivity contribution in [1.29, 1.82) is 0 Å². The van der Waals surface area contributed by atoms with E-state index in [1.54, 1.807) is 0 Å². The molecule has 0 spiro atoms. The van der Waals surface area contributed by atoms with Gasteiger partial charge in [0.2, 0.25) is 6.79 Å². The van der Waals surface area contributed by atoms with Gasteiger partial charge in [0.15, 0.2) is 17.2 Å². The van der Waals surface area contributed by atoms with Crippen molar-refractivity contribution in [3.8, 4) is 23.0 Å². The molecule has 34 heavy (non-hydrogen) atoms. The Labute approximate surface area is 199 Å². The lowest BCUT2D eigenvalue weighted by molar-refractivity contribution is 0.174. The van der Waals surface area contributed by atoms with Crippen LogP contribution in [0, 0.1) is 0 Å². The molecule has 1 saturated heterocycles. The molecule has 6 rings (SSSR count). The minimum atomic E-state index is 0.265. The maximum Gasteiger partial charge on any atom is 0.231 e. The van der Waals surface area contributed by atoms with Crippen molar-refractivity contribution in [3.63, 3.8) is 0 Å². The molecule has 1 N–H and O–H groups in total. The number of fused-ring (bicyclic) bond motifs is 2. The van der Waals surface area contributed by atoms with Gasteiger partial charge in [0.05, 0.1) is 5.69 Å². The van der Waals surface area contributed by atoms with E-state index in [0.29, 0.717) is 0 Å². The fraction of sp³-hybridized carbons (Fsp3) is 0.286. The maximum atomic E-state index is 6.26. The topological polar surface area (TPSA) is 50.0 Å². The van der Waals surface area contributed by atoms with Gasteiger partial charge in [-0.25, -0.2) is 0 Å². The largest absolute Gasteiger partial charge is 0.455 e. The summed E-state index contributed by atoms with van der Waals surface area (Å²) in [5.41, 5.74) is 3.79. The Morgan fingerprint density at radius 3 is 2.62 bits per heavy atom. The standard InChI is InChI=1S/C28H29N3O3/c1-2-8-24-23(7-1)21(19-29-24)6-5-13-30-14-16-31(17-15-30)25-9-3-4-10-26(25)34-22-11-12-27-28(18-22)33-20-32-27/h1-4,7-12,18-19,29H,5-6,13-17,20H2. The van der Waals surface area contributed by atoms with E-state index in [1.807, 2.05) is 30.3 Å². The quantitative estimate of drug-likeness (QED) is 0.402. The van der Waals surface area contributed by atoms with Crippen LogP contribution < -0.4 is 19.1 Å². The van der Waals surface area contributed by atoms with Crippen LogP contribution in [0.5, 0.6) is 23.0 Å². The van der Waals surface area contributed by atoms with Gasteiger partial charge in [-0.15, -0.1) is 0 Å². The van der Waals surface area contributed by atoms with E-state index in [1.165, 1.54) is 22.9 Å². The van der Waals surface area contributed by atoms with Gasteiger partial charge in [-0.2, -0.15) is 0 Å². The third-order valence-corrected chi connectivity index (χ3v) is 6.75. The van der Waals surface area contributed by atoms with Crippen LogP contribution in [-0.4, -0.2) is 49.4 Å². The Kier molecular flexibility index (Phi) is 5.73. The molecule has 0 saturated carbocycles. The highest BCUT2D eigenvalue weighted by atomic mass is 16.7. The van der Waals surface area contributed by atoms with Crippen LogP contribution in [0.25, 0.3) is 10.9 Å². The van der Waals surface area contributed by atoms with Gasteiger partial charge in [-0.05, 0) is 55.3 Å². The fourth-order valence-corrected chi connectivity index (χ4v) is 4.92. The molecule has 1 aromatic heterocycles. The number of H-pyrrole nitrogens is 1. The third kappa shape index (κ3) is 4.29. The van der Waals surface area contributed by atoms with Crippen LogP contribution in [-0.2, 0) is 6.42 Å². The number of hydrogen-bond donors (Lipinski definition) is 1. The number of hydrogen-bond acceptors (Lipinski definition) is 5. The summed E-state index contributed by atoms with van der Waals surface area (Å²) in [7, 11) is 0. The Morgan fingerprint density at radius 2 is 1.68 bits per heavy atom. The van der Waals surface area contributed by atoms with Crippen LogP contribution in [0.15, 0.2) is 72.9 Å². The lowest BCUT2D eigenvalue weighted by Gasteiger charge is -2.36. The molecule has 0 radical (unpaired) electrons. The van der Waals surface area contributed by atoms with Crippen LogP contribution in [0.3, 0.4) is 0 Å². The van der Waals surface area contributed by atoms with Crippen molar-refractivity contribution in [1.82, 2.24) is 9.88 Å². The number of piperazine rings is 1. The number of para-hydroxylation sites is 3. The molecule has 1 fully saturated rings. The molecule has 174 valence electrons. The van der Waals surface area contributed by atoms with Gasteiger partial charge in [0.25, 0.3) is 0 Å². The summed E-state index contributed by atoms with van der Waals surface area (Å²) >= 11 is 0. The summed E-state index contributed by atoms with van der Waals surface area (Å²) < 4.78 is 17.2. The van der Waals surface area contributed by atoms with Gasteiger partial charge in [0.1, 0.15) is 5.75 Å². The Balaban J connectivity index is 1.05. The van der Waals surface area contributed by atoms with Gasteiger partial charge < -0.3 is 24.1 Å². The second-order valence-electron chi connectivity index (χ2n) is 8.88. The zero-order chi connectivity index (χ0) is 22.7. The number of nitrogens with zero attached hydrogens (tertiary/aromatic N) is 2. The lowest BCUT2D eigenvalue weighted by Crippen LogP contribution is -2.46. The number of aromatic nitrogens is 1. The molecule has 2 aliphatic rings. The molecule has 3 heterocycles. The average Bonchev–Trinajstić information content (AvgIpc) is 3.52. The van der Waals surface area contributed by atoms with E-state index < -0.39 is 0 Å². The molecule has 6 nitrogen and oxygen atoms in total. The molecule has 0 aliphatic carbocycles. The van der Waals surface area contributed by atoms with E-state index in [-0.39, 0.29) is 6.79 Å². The molecule has 2 aliphatic heterocycles. The Hall–Kier alpha value is -3.64. The summed E-state index contributed by atoms with van der Waals surface area (Å²) in [6.45, 7) is 5.51. The van der Waals surface area contributed by atoms with E-state index >= 15 is 0 Å². The first-order valence-corrected chi connectivity index (χ1v) is 12.0. The number of aryl methyl sites for hydroxylation is 1. The monoisotopic (exact) mass is 455 g/mol. The van der Waals surface area contributed by atoms with Crippen LogP contribution in [0.2, 0.25) is 0 Å². The third-order valence-electron chi connectivity index (χ3n) is 6.75. The molecule has 6 heteroatoms. The summed E-state index contributed by atoms with van der Waals surface area (Å²) in [5.74, 6) is 3.12. The van der Waals surface area contributed by atoms with E-state index in [2.05, 4.69) is 57.4 Å². The van der Waals surface area contributed by atoms with Gasteiger partial charge >= 0.3 is 0 Å². The highest BCUT2D eigenvalue weighted by Gasteiger charge is 2.20. The molecular weight excluding hydrogens is 426 g/mol. The van der Waals surface area contributed by atoms with Crippen molar-refractivity contribution in [3.05, 3.63) is 78.5 Å². The number of aromatic amines is 1. The van der Waals surface area contributed by atoms with Crippen molar-refractivity contribution in [2.24, 2.45) is 0 Å². The molecule has 3 aromatic carbocycles. The molecular formula is C28H29N3O3. The number of nitrogens with one attached hydrogen (secondary N) is 1. The minimum Gasteiger partial charge on any atom is -0.455 e. The van der Waals surface area contributed by atoms with Crippen LogP contribution in [0.4, 0.5) is 5.69 Å². The smallest absolute Gasteiger partial charge is 0.231 e. The fourth-order valence-electron chi connectivity index (χ4n) is 4.92. The van der Waals surface area contributed by atoms with Gasteiger partial charge in [-0.3, -0.25) is 4.90 Å². The number of ether oxygens (including phenoxy) is 3. The molecule has 4 aromatic rings. The van der Waals surface area contributed by atoms with Crippen LogP contribution in [0.1, 0.15) is 12.0 Å². The zero-order valence-corrected chi connectivity index (χ0v) is 19.2. The summed E-state index contributed by atoms with van der Waals surface area (Å²) in [6.07, 6.45) is 4.45. The Bertz CT molecular complexity index is 1280. The number of rotatable bonds is 7. The van der Waals surface area contributed by atoms with E-state index in [4.69, 9.17) is 14.2 Å². The van der Waals surface area contributed by atoms with Crippen molar-refractivity contribution >= 4 is 16.6 Å². The highest BCUT2D eigenvalue weighted by Crippen LogP contribution is 2.39. The van der Waals surface area contributed by atoms with Gasteiger partial charge in [0, 0.05) is 49.3 Å². The molecule has 0 atom stereocenters. The first-order chi connectivity index (χ1) is 16.8. The predicted molar refractivity (Wildman–Crippen MR) is 134 cm³/mol. The number of anilines is 1. The SMILES string of the molecule is c1ccc(N2CCN(CCCc3c[nH]c4ccccc34)CC2)c(Oc2ccc3c(c2)OCO3)c1. The summed E-state index contributed by atoms with van der Waals surface area (Å²) in [6, 6.07) is 22.6. The maximum absolute atomic E-state index is 6.26.